The predicted octanol–water partition coefficient (Wildman–Crippen LogP) is 3.93. The van der Waals surface area contributed by atoms with Gasteiger partial charge in [0.25, 0.3) is 5.91 Å². The summed E-state index contributed by atoms with van der Waals surface area (Å²) in [7, 11) is 0. The topological polar surface area (TPSA) is 54.5 Å². The van der Waals surface area contributed by atoms with Crippen LogP contribution in [0.4, 0.5) is 0 Å². The predicted molar refractivity (Wildman–Crippen MR) is 118 cm³/mol. The number of amides is 1. The van der Waals surface area contributed by atoms with Crippen molar-refractivity contribution in [3.63, 3.8) is 0 Å². The number of likely N-dealkylation sites (N-methyl/N-ethyl adjacent to an activating group) is 1. The number of ether oxygens (including phenoxy) is 1. The van der Waals surface area contributed by atoms with Gasteiger partial charge in [-0.15, -0.1) is 0 Å². The molecule has 1 amide bonds. The van der Waals surface area contributed by atoms with Crippen molar-refractivity contribution in [3.8, 4) is 5.88 Å². The van der Waals surface area contributed by atoms with Gasteiger partial charge in [0.2, 0.25) is 5.88 Å². The highest BCUT2D eigenvalue weighted by Crippen LogP contribution is 2.22. The van der Waals surface area contributed by atoms with E-state index in [1.165, 1.54) is 5.56 Å². The Labute approximate surface area is 172 Å². The van der Waals surface area contributed by atoms with Crippen LogP contribution in [0.5, 0.6) is 5.88 Å². The van der Waals surface area contributed by atoms with Crippen LogP contribution in [-0.4, -0.2) is 48.6 Å². The Kier molecular flexibility index (Phi) is 7.59. The van der Waals surface area contributed by atoms with Crippen LogP contribution in [0.2, 0.25) is 0 Å². The van der Waals surface area contributed by atoms with Crippen molar-refractivity contribution in [1.29, 1.82) is 0 Å². The molecule has 0 bridgehead atoms. The van der Waals surface area contributed by atoms with E-state index in [4.69, 9.17) is 4.74 Å². The van der Waals surface area contributed by atoms with Crippen molar-refractivity contribution >= 4 is 16.8 Å². The van der Waals surface area contributed by atoms with E-state index in [1.54, 1.807) is 6.07 Å². The summed E-state index contributed by atoms with van der Waals surface area (Å²) < 4.78 is 5.88. The molecule has 29 heavy (non-hydrogen) atoms. The molecule has 2 aromatic carbocycles. The van der Waals surface area contributed by atoms with Crippen LogP contribution in [0, 0.1) is 0 Å². The summed E-state index contributed by atoms with van der Waals surface area (Å²) in [6, 6.07) is 19.6. The summed E-state index contributed by atoms with van der Waals surface area (Å²) >= 11 is 0. The van der Waals surface area contributed by atoms with E-state index in [-0.39, 0.29) is 5.91 Å². The minimum atomic E-state index is -0.104. The molecular formula is C24H29N3O2. The van der Waals surface area contributed by atoms with Crippen molar-refractivity contribution in [2.75, 3.05) is 32.8 Å². The Balaban J connectivity index is 1.70. The fourth-order valence-corrected chi connectivity index (χ4v) is 3.29. The van der Waals surface area contributed by atoms with E-state index in [0.29, 0.717) is 24.6 Å². The lowest BCUT2D eigenvalue weighted by Crippen LogP contribution is -2.28. The third kappa shape index (κ3) is 5.78. The second-order valence-electron chi connectivity index (χ2n) is 6.89. The maximum Gasteiger partial charge on any atom is 0.252 e. The normalized spacial score (nSPS) is 11.0. The zero-order chi connectivity index (χ0) is 20.5. The van der Waals surface area contributed by atoms with Gasteiger partial charge in [-0.1, -0.05) is 62.4 Å². The average Bonchev–Trinajstić information content (AvgIpc) is 2.77. The number of para-hydroxylation sites is 1. The number of nitrogens with one attached hydrogen (secondary N) is 1. The van der Waals surface area contributed by atoms with E-state index in [2.05, 4.69) is 41.2 Å². The van der Waals surface area contributed by atoms with Crippen LogP contribution < -0.4 is 10.1 Å². The van der Waals surface area contributed by atoms with Gasteiger partial charge in [-0.3, -0.25) is 4.79 Å². The molecule has 3 rings (SSSR count). The molecule has 0 aliphatic heterocycles. The molecule has 1 heterocycles. The highest BCUT2D eigenvalue weighted by Gasteiger charge is 2.13. The first kappa shape index (κ1) is 20.8. The van der Waals surface area contributed by atoms with Crippen molar-refractivity contribution in [1.82, 2.24) is 15.2 Å². The summed E-state index contributed by atoms with van der Waals surface area (Å²) in [6.45, 7) is 8.20. The van der Waals surface area contributed by atoms with Crippen molar-refractivity contribution in [2.45, 2.75) is 20.3 Å². The number of benzene rings is 2. The Morgan fingerprint density at radius 3 is 2.52 bits per heavy atom. The average molecular weight is 392 g/mol. The maximum atomic E-state index is 12.9. The molecule has 0 fully saturated rings. The summed E-state index contributed by atoms with van der Waals surface area (Å²) in [5.74, 6) is 0.386. The van der Waals surface area contributed by atoms with Crippen LogP contribution in [0.15, 0.2) is 60.7 Å². The van der Waals surface area contributed by atoms with Crippen molar-refractivity contribution in [2.24, 2.45) is 0 Å². The lowest BCUT2D eigenvalue weighted by molar-refractivity contribution is 0.0955. The minimum Gasteiger partial charge on any atom is -0.476 e. The van der Waals surface area contributed by atoms with E-state index >= 15 is 0 Å². The Bertz CT molecular complexity index is 924. The first-order valence-electron chi connectivity index (χ1n) is 10.3. The zero-order valence-electron chi connectivity index (χ0n) is 17.2. The SMILES string of the molecule is CCN(CC)CCOc1cc(C(=O)NCCc2ccccc2)c2ccccc2n1. The molecule has 0 unspecified atom stereocenters. The smallest absolute Gasteiger partial charge is 0.252 e. The number of hydrogen-bond acceptors (Lipinski definition) is 4. The summed E-state index contributed by atoms with van der Waals surface area (Å²) in [5, 5.41) is 3.86. The number of rotatable bonds is 10. The zero-order valence-corrected chi connectivity index (χ0v) is 17.2. The summed E-state index contributed by atoms with van der Waals surface area (Å²) in [4.78, 5) is 19.7. The third-order valence-corrected chi connectivity index (χ3v) is 5.03. The number of carbonyl (C=O) groups excluding carboxylic acids is 1. The first-order chi connectivity index (χ1) is 14.2. The number of carbonyl (C=O) groups is 1. The van der Waals surface area contributed by atoms with Crippen LogP contribution >= 0.6 is 0 Å². The third-order valence-electron chi connectivity index (χ3n) is 5.03. The lowest BCUT2D eigenvalue weighted by atomic mass is 10.1. The number of fused-ring (bicyclic) bond motifs is 1. The lowest BCUT2D eigenvalue weighted by Gasteiger charge is -2.18. The number of aromatic nitrogens is 1. The number of hydrogen-bond donors (Lipinski definition) is 1. The molecule has 5 nitrogen and oxygen atoms in total. The molecular weight excluding hydrogens is 362 g/mol. The van der Waals surface area contributed by atoms with Gasteiger partial charge in [0.1, 0.15) is 6.61 Å². The molecule has 0 atom stereocenters. The largest absolute Gasteiger partial charge is 0.476 e. The molecule has 1 aromatic heterocycles. The van der Waals surface area contributed by atoms with E-state index < -0.39 is 0 Å². The van der Waals surface area contributed by atoms with Gasteiger partial charge in [-0.2, -0.15) is 0 Å². The quantitative estimate of drug-likeness (QED) is 0.569. The highest BCUT2D eigenvalue weighted by molar-refractivity contribution is 6.06. The van der Waals surface area contributed by atoms with Gasteiger partial charge in [-0.05, 0) is 31.1 Å². The molecule has 0 aliphatic carbocycles. The van der Waals surface area contributed by atoms with Crippen LogP contribution in [0.3, 0.4) is 0 Å². The van der Waals surface area contributed by atoms with E-state index in [9.17, 15) is 4.79 Å². The minimum absolute atomic E-state index is 0.104. The maximum absolute atomic E-state index is 12.9. The Morgan fingerprint density at radius 1 is 1.03 bits per heavy atom. The summed E-state index contributed by atoms with van der Waals surface area (Å²) in [5.41, 5.74) is 2.57. The standard InChI is InChI=1S/C24H29N3O2/c1-3-27(4-2)16-17-29-23-18-21(20-12-8-9-13-22(20)26-23)24(28)25-15-14-19-10-6-5-7-11-19/h5-13,18H,3-4,14-17H2,1-2H3,(H,25,28). The fourth-order valence-electron chi connectivity index (χ4n) is 3.29. The highest BCUT2D eigenvalue weighted by atomic mass is 16.5. The second kappa shape index (κ2) is 10.6. The molecule has 0 aliphatic rings. The molecule has 0 radical (unpaired) electrons. The van der Waals surface area contributed by atoms with Crippen LogP contribution in [0.25, 0.3) is 10.9 Å². The molecule has 1 N–H and O–H groups in total. The van der Waals surface area contributed by atoms with Crippen LogP contribution in [-0.2, 0) is 6.42 Å². The van der Waals surface area contributed by atoms with Gasteiger partial charge in [0, 0.05) is 24.5 Å². The van der Waals surface area contributed by atoms with Gasteiger partial charge < -0.3 is 15.0 Å². The Hall–Kier alpha value is -2.92. The second-order valence-corrected chi connectivity index (χ2v) is 6.89. The van der Waals surface area contributed by atoms with Gasteiger partial charge >= 0.3 is 0 Å². The first-order valence-corrected chi connectivity index (χ1v) is 10.3. The molecule has 3 aromatic rings. The van der Waals surface area contributed by atoms with Gasteiger partial charge in [0.15, 0.2) is 0 Å². The van der Waals surface area contributed by atoms with Crippen molar-refractivity contribution in [3.05, 3.63) is 71.8 Å². The molecule has 0 spiro atoms. The monoisotopic (exact) mass is 391 g/mol. The molecule has 152 valence electrons. The fraction of sp³-hybridized carbons (Fsp3) is 0.333. The molecule has 0 saturated heterocycles. The number of pyridine rings is 1. The van der Waals surface area contributed by atoms with Crippen LogP contribution in [0.1, 0.15) is 29.8 Å². The Morgan fingerprint density at radius 2 is 1.76 bits per heavy atom. The summed E-state index contributed by atoms with van der Waals surface area (Å²) in [6.07, 6.45) is 0.794. The number of nitrogens with zero attached hydrogens (tertiary/aromatic N) is 2. The van der Waals surface area contributed by atoms with E-state index in [1.807, 2.05) is 42.5 Å². The van der Waals surface area contributed by atoms with Gasteiger partial charge in [0.05, 0.1) is 11.1 Å². The molecule has 0 saturated carbocycles. The van der Waals surface area contributed by atoms with Crippen molar-refractivity contribution < 1.29 is 9.53 Å². The van der Waals surface area contributed by atoms with Gasteiger partial charge in [-0.25, -0.2) is 4.98 Å². The molecule has 5 heteroatoms. The van der Waals surface area contributed by atoms with E-state index in [0.717, 1.165) is 37.0 Å².